The van der Waals surface area contributed by atoms with Gasteiger partial charge >= 0.3 is 0 Å². The molecule has 2 atom stereocenters. The molecule has 0 amide bonds. The van der Waals surface area contributed by atoms with Crippen LogP contribution in [0.5, 0.6) is 0 Å². The van der Waals surface area contributed by atoms with Gasteiger partial charge in [-0.15, -0.1) is 0 Å². The van der Waals surface area contributed by atoms with Crippen LogP contribution < -0.4 is 16.0 Å². The maximum Gasteiger partial charge on any atom is 0.0564 e. The van der Waals surface area contributed by atoms with Crippen LogP contribution in [-0.2, 0) is 0 Å². The van der Waals surface area contributed by atoms with Crippen LogP contribution >= 0.6 is 0 Å². The maximum atomic E-state index is 3.24. The molecule has 2 unspecified atom stereocenters. The third-order valence-corrected chi connectivity index (χ3v) is 2.22. The van der Waals surface area contributed by atoms with Gasteiger partial charge in [0.1, 0.15) is 0 Å². The van der Waals surface area contributed by atoms with Crippen molar-refractivity contribution in [1.29, 1.82) is 0 Å². The standard InChI is InChI=1S/C7H16N3/c1-8-5-4-6(9-2)7(5)10-3/h5,7-10H,4H2,1-3H3. The summed E-state index contributed by atoms with van der Waals surface area (Å²) in [6.07, 6.45) is 1.15. The third kappa shape index (κ3) is 1.17. The number of hydrogen-bond acceptors (Lipinski definition) is 3. The Bertz CT molecular complexity index is 95.0. The summed E-state index contributed by atoms with van der Waals surface area (Å²) < 4.78 is 0. The molecule has 0 heterocycles. The van der Waals surface area contributed by atoms with Crippen molar-refractivity contribution in [2.75, 3.05) is 21.1 Å². The zero-order chi connectivity index (χ0) is 7.56. The number of hydrogen-bond donors (Lipinski definition) is 3. The quantitative estimate of drug-likeness (QED) is 0.488. The smallest absolute Gasteiger partial charge is 0.0564 e. The lowest BCUT2D eigenvalue weighted by Crippen LogP contribution is -2.61. The van der Waals surface area contributed by atoms with Gasteiger partial charge in [0.2, 0.25) is 0 Å². The van der Waals surface area contributed by atoms with E-state index in [9.17, 15) is 0 Å². The summed E-state index contributed by atoms with van der Waals surface area (Å²) in [6, 6.07) is 2.55. The van der Waals surface area contributed by atoms with Crippen molar-refractivity contribution in [2.45, 2.75) is 18.5 Å². The van der Waals surface area contributed by atoms with E-state index in [1.54, 1.807) is 0 Å². The molecular formula is C7H16N3. The lowest BCUT2D eigenvalue weighted by molar-refractivity contribution is 0.274. The lowest BCUT2D eigenvalue weighted by atomic mass is 9.81. The highest BCUT2D eigenvalue weighted by Crippen LogP contribution is 2.26. The van der Waals surface area contributed by atoms with Gasteiger partial charge in [0.25, 0.3) is 0 Å². The summed E-state index contributed by atoms with van der Waals surface area (Å²) in [4.78, 5) is 0. The van der Waals surface area contributed by atoms with Gasteiger partial charge in [-0.3, -0.25) is 0 Å². The molecule has 1 aliphatic carbocycles. The first kappa shape index (κ1) is 7.98. The van der Waals surface area contributed by atoms with Crippen LogP contribution in [0.15, 0.2) is 0 Å². The molecule has 3 nitrogen and oxygen atoms in total. The summed E-state index contributed by atoms with van der Waals surface area (Å²) in [5.41, 5.74) is 0. The van der Waals surface area contributed by atoms with Crippen molar-refractivity contribution in [3.8, 4) is 0 Å². The molecule has 0 aromatic rings. The molecule has 1 rings (SSSR count). The Labute approximate surface area is 62.6 Å². The normalized spacial score (nSPS) is 33.9. The molecule has 59 valence electrons. The Balaban J connectivity index is 2.30. The molecule has 10 heavy (non-hydrogen) atoms. The second-order valence-corrected chi connectivity index (χ2v) is 2.64. The third-order valence-electron chi connectivity index (χ3n) is 2.22. The molecule has 1 radical (unpaired) electrons. The van der Waals surface area contributed by atoms with Gasteiger partial charge in [0.05, 0.1) is 6.04 Å². The van der Waals surface area contributed by atoms with E-state index in [0.29, 0.717) is 12.1 Å². The summed E-state index contributed by atoms with van der Waals surface area (Å²) in [7, 11) is 5.97. The zero-order valence-corrected chi connectivity index (χ0v) is 6.86. The Hall–Kier alpha value is -0.120. The van der Waals surface area contributed by atoms with Gasteiger partial charge in [-0.25, -0.2) is 0 Å². The van der Waals surface area contributed by atoms with Crippen LogP contribution in [-0.4, -0.2) is 33.2 Å². The van der Waals surface area contributed by atoms with Crippen LogP contribution in [0.4, 0.5) is 0 Å². The van der Waals surface area contributed by atoms with Crippen LogP contribution in [0.3, 0.4) is 0 Å². The van der Waals surface area contributed by atoms with Crippen LogP contribution in [0.25, 0.3) is 0 Å². The second kappa shape index (κ2) is 3.32. The highest BCUT2D eigenvalue weighted by Gasteiger charge is 2.38. The first-order chi connectivity index (χ1) is 4.83. The fraction of sp³-hybridized carbons (Fsp3) is 0.857. The minimum Gasteiger partial charge on any atom is -0.315 e. The van der Waals surface area contributed by atoms with E-state index in [1.807, 2.05) is 21.1 Å². The molecule has 0 aliphatic heterocycles. The first-order valence-corrected chi connectivity index (χ1v) is 3.71. The fourth-order valence-corrected chi connectivity index (χ4v) is 1.47. The van der Waals surface area contributed by atoms with Crippen molar-refractivity contribution >= 4 is 0 Å². The molecule has 1 aliphatic rings. The van der Waals surface area contributed by atoms with E-state index in [-0.39, 0.29) is 0 Å². The van der Waals surface area contributed by atoms with E-state index >= 15 is 0 Å². The first-order valence-electron chi connectivity index (χ1n) is 3.71. The predicted molar refractivity (Wildman–Crippen MR) is 42.6 cm³/mol. The summed E-state index contributed by atoms with van der Waals surface area (Å²) in [5.74, 6) is 0. The molecule has 3 N–H and O–H groups in total. The number of rotatable bonds is 3. The van der Waals surface area contributed by atoms with Crippen LogP contribution in [0.2, 0.25) is 0 Å². The number of nitrogens with one attached hydrogen (secondary N) is 3. The molecule has 1 saturated carbocycles. The molecule has 1 fully saturated rings. The van der Waals surface area contributed by atoms with E-state index in [0.717, 1.165) is 6.42 Å². The van der Waals surface area contributed by atoms with Crippen molar-refractivity contribution < 1.29 is 0 Å². The zero-order valence-electron chi connectivity index (χ0n) is 6.86. The number of likely N-dealkylation sites (N-methyl/N-ethyl adjacent to an activating group) is 3. The molecule has 0 aromatic carbocycles. The van der Waals surface area contributed by atoms with Gasteiger partial charge in [-0.2, -0.15) is 0 Å². The maximum absolute atomic E-state index is 3.24. The topological polar surface area (TPSA) is 36.1 Å². The lowest BCUT2D eigenvalue weighted by Gasteiger charge is -2.43. The average molecular weight is 142 g/mol. The molecule has 0 saturated heterocycles. The summed E-state index contributed by atoms with van der Waals surface area (Å²) >= 11 is 0. The van der Waals surface area contributed by atoms with Gasteiger partial charge in [-0.1, -0.05) is 0 Å². The van der Waals surface area contributed by atoms with Gasteiger partial charge < -0.3 is 16.0 Å². The molecule has 0 spiro atoms. The minimum absolute atomic E-state index is 0.523. The Morgan fingerprint density at radius 2 is 1.90 bits per heavy atom. The molecule has 0 aromatic heterocycles. The Kier molecular flexibility index (Phi) is 2.65. The van der Waals surface area contributed by atoms with Gasteiger partial charge in [0.15, 0.2) is 0 Å². The fourth-order valence-electron chi connectivity index (χ4n) is 1.47. The van der Waals surface area contributed by atoms with E-state index < -0.39 is 0 Å². The van der Waals surface area contributed by atoms with E-state index in [1.165, 1.54) is 6.04 Å². The minimum atomic E-state index is 0.523. The largest absolute Gasteiger partial charge is 0.315 e. The van der Waals surface area contributed by atoms with Gasteiger partial charge in [-0.05, 0) is 27.6 Å². The van der Waals surface area contributed by atoms with E-state index in [4.69, 9.17) is 0 Å². The van der Waals surface area contributed by atoms with Gasteiger partial charge in [0, 0.05) is 12.1 Å². The van der Waals surface area contributed by atoms with Crippen molar-refractivity contribution in [3.05, 3.63) is 6.04 Å². The van der Waals surface area contributed by atoms with Crippen molar-refractivity contribution in [1.82, 2.24) is 16.0 Å². The Morgan fingerprint density at radius 1 is 1.20 bits per heavy atom. The highest BCUT2D eigenvalue weighted by molar-refractivity contribution is 5.16. The summed E-state index contributed by atoms with van der Waals surface area (Å²) in [6.45, 7) is 0. The molecule has 3 heteroatoms. The molecular weight excluding hydrogens is 126 g/mol. The van der Waals surface area contributed by atoms with Crippen LogP contribution in [0, 0.1) is 6.04 Å². The molecule has 0 bridgehead atoms. The average Bonchev–Trinajstić information content (AvgIpc) is 1.89. The monoisotopic (exact) mass is 142 g/mol. The van der Waals surface area contributed by atoms with E-state index in [2.05, 4.69) is 16.0 Å². The van der Waals surface area contributed by atoms with Crippen molar-refractivity contribution in [2.24, 2.45) is 0 Å². The Morgan fingerprint density at radius 3 is 2.30 bits per heavy atom. The van der Waals surface area contributed by atoms with Crippen LogP contribution in [0.1, 0.15) is 6.42 Å². The van der Waals surface area contributed by atoms with Crippen molar-refractivity contribution in [3.63, 3.8) is 0 Å². The SMILES string of the molecule is CN[C]1CC(NC)C1NC. The summed E-state index contributed by atoms with van der Waals surface area (Å²) in [5, 5.41) is 9.67. The second-order valence-electron chi connectivity index (χ2n) is 2.64. The predicted octanol–water partition coefficient (Wildman–Crippen LogP) is -0.683. The highest BCUT2D eigenvalue weighted by atomic mass is 15.1.